The van der Waals surface area contributed by atoms with E-state index in [-0.39, 0.29) is 11.6 Å². The van der Waals surface area contributed by atoms with Crippen LogP contribution in [0.2, 0.25) is 0 Å². The van der Waals surface area contributed by atoms with Crippen LogP contribution in [-0.2, 0) is 4.79 Å². The van der Waals surface area contributed by atoms with Crippen molar-refractivity contribution in [1.82, 2.24) is 9.99 Å². The lowest BCUT2D eigenvalue weighted by Gasteiger charge is -2.06. The van der Waals surface area contributed by atoms with Crippen LogP contribution in [-0.4, -0.2) is 27.5 Å². The lowest BCUT2D eigenvalue weighted by Crippen LogP contribution is -2.18. The number of carbonyl (C=O) groups excluding carboxylic acids is 2. The summed E-state index contributed by atoms with van der Waals surface area (Å²) in [7, 11) is 0. The van der Waals surface area contributed by atoms with Gasteiger partial charge in [-0.25, -0.2) is 5.43 Å². The second-order valence-electron chi connectivity index (χ2n) is 6.03. The van der Waals surface area contributed by atoms with Gasteiger partial charge >= 0.3 is 0 Å². The van der Waals surface area contributed by atoms with Crippen molar-refractivity contribution in [2.75, 3.05) is 5.32 Å². The first-order valence-corrected chi connectivity index (χ1v) is 8.57. The first-order chi connectivity index (χ1) is 13.9. The third-order valence-corrected chi connectivity index (χ3v) is 3.95. The number of amides is 2. The van der Waals surface area contributed by atoms with Crippen LogP contribution < -0.4 is 10.7 Å². The maximum atomic E-state index is 12.2. The standard InChI is InChI=1S/C20H17N5O4/c1-14(26)22-16-6-4-15(5-7-16)20(27)23-21-13-19-3-2-12-24(19)17-8-10-18(11-9-17)25(28)29/h2-13H,1H3,(H,22,26)(H,23,27). The van der Waals surface area contributed by atoms with E-state index in [0.717, 1.165) is 5.69 Å². The maximum absolute atomic E-state index is 12.2. The van der Waals surface area contributed by atoms with Gasteiger partial charge in [0, 0.05) is 42.2 Å². The van der Waals surface area contributed by atoms with Gasteiger partial charge in [-0.2, -0.15) is 5.10 Å². The molecule has 0 spiro atoms. The lowest BCUT2D eigenvalue weighted by molar-refractivity contribution is -0.384. The van der Waals surface area contributed by atoms with Gasteiger partial charge in [0.25, 0.3) is 11.6 Å². The van der Waals surface area contributed by atoms with Gasteiger partial charge < -0.3 is 9.88 Å². The Balaban J connectivity index is 1.66. The number of non-ortho nitro benzene ring substituents is 1. The lowest BCUT2D eigenvalue weighted by atomic mass is 10.2. The van der Waals surface area contributed by atoms with E-state index in [2.05, 4.69) is 15.8 Å². The molecule has 0 aliphatic rings. The number of nitro benzene ring substituents is 1. The van der Waals surface area contributed by atoms with Crippen molar-refractivity contribution in [1.29, 1.82) is 0 Å². The molecule has 0 radical (unpaired) electrons. The van der Waals surface area contributed by atoms with Gasteiger partial charge in [-0.3, -0.25) is 19.7 Å². The first-order valence-electron chi connectivity index (χ1n) is 8.57. The van der Waals surface area contributed by atoms with Crippen molar-refractivity contribution >= 4 is 29.4 Å². The highest BCUT2D eigenvalue weighted by atomic mass is 16.6. The third kappa shape index (κ3) is 4.92. The second kappa shape index (κ2) is 8.61. The zero-order valence-corrected chi connectivity index (χ0v) is 15.4. The number of hydrogen-bond donors (Lipinski definition) is 2. The fourth-order valence-electron chi connectivity index (χ4n) is 2.60. The smallest absolute Gasteiger partial charge is 0.271 e. The Labute approximate surface area is 165 Å². The molecule has 0 saturated heterocycles. The van der Waals surface area contributed by atoms with Crippen LogP contribution in [0.1, 0.15) is 23.0 Å². The summed E-state index contributed by atoms with van der Waals surface area (Å²) in [6.45, 7) is 1.40. The molecule has 0 aliphatic heterocycles. The van der Waals surface area contributed by atoms with Crippen LogP contribution in [0.3, 0.4) is 0 Å². The quantitative estimate of drug-likeness (QED) is 0.381. The number of nitrogens with zero attached hydrogens (tertiary/aromatic N) is 3. The van der Waals surface area contributed by atoms with Crippen LogP contribution in [0.4, 0.5) is 11.4 Å². The molecular formula is C20H17N5O4. The summed E-state index contributed by atoms with van der Waals surface area (Å²) in [5, 5.41) is 17.4. The molecule has 29 heavy (non-hydrogen) atoms. The van der Waals surface area contributed by atoms with E-state index < -0.39 is 10.8 Å². The van der Waals surface area contributed by atoms with E-state index >= 15 is 0 Å². The predicted octanol–water partition coefficient (Wildman–Crippen LogP) is 3.11. The Kier molecular flexibility index (Phi) is 5.79. The zero-order chi connectivity index (χ0) is 20.8. The number of hydrazone groups is 1. The van der Waals surface area contributed by atoms with Crippen LogP contribution in [0.5, 0.6) is 0 Å². The number of nitro groups is 1. The van der Waals surface area contributed by atoms with Crippen LogP contribution in [0, 0.1) is 10.1 Å². The van der Waals surface area contributed by atoms with Gasteiger partial charge in [0.1, 0.15) is 0 Å². The molecule has 1 aromatic heterocycles. The van der Waals surface area contributed by atoms with Crippen molar-refractivity contribution in [3.05, 3.63) is 88.2 Å². The number of aromatic nitrogens is 1. The van der Waals surface area contributed by atoms with Gasteiger partial charge in [0.05, 0.1) is 16.8 Å². The highest BCUT2D eigenvalue weighted by Gasteiger charge is 2.07. The van der Waals surface area contributed by atoms with Crippen LogP contribution in [0.15, 0.2) is 72.0 Å². The molecule has 2 amide bonds. The molecule has 2 aromatic carbocycles. The predicted molar refractivity (Wildman–Crippen MR) is 108 cm³/mol. The normalized spacial score (nSPS) is 10.7. The number of nitrogens with one attached hydrogen (secondary N) is 2. The Morgan fingerprint density at radius 2 is 1.76 bits per heavy atom. The SMILES string of the molecule is CC(=O)Nc1ccc(C(=O)NN=Cc2cccn2-c2ccc([N+](=O)[O-])cc2)cc1. The zero-order valence-electron chi connectivity index (χ0n) is 15.4. The van der Waals surface area contributed by atoms with Crippen LogP contribution >= 0.6 is 0 Å². The highest BCUT2D eigenvalue weighted by molar-refractivity contribution is 5.96. The molecule has 0 atom stereocenters. The van der Waals surface area contributed by atoms with Gasteiger partial charge in [-0.1, -0.05) is 0 Å². The highest BCUT2D eigenvalue weighted by Crippen LogP contribution is 2.17. The summed E-state index contributed by atoms with van der Waals surface area (Å²) in [5.41, 5.74) is 4.84. The molecule has 0 unspecified atom stereocenters. The molecule has 0 bridgehead atoms. The summed E-state index contributed by atoms with van der Waals surface area (Å²) in [5.74, 6) is -0.591. The minimum absolute atomic E-state index is 0.00732. The van der Waals surface area contributed by atoms with E-state index in [4.69, 9.17) is 0 Å². The van der Waals surface area contributed by atoms with Crippen molar-refractivity contribution in [3.8, 4) is 5.69 Å². The fourth-order valence-corrected chi connectivity index (χ4v) is 2.60. The summed E-state index contributed by atoms with van der Waals surface area (Å²) < 4.78 is 1.78. The van der Waals surface area contributed by atoms with E-state index in [1.165, 1.54) is 25.3 Å². The van der Waals surface area contributed by atoms with Crippen molar-refractivity contribution in [2.24, 2.45) is 5.10 Å². The summed E-state index contributed by atoms with van der Waals surface area (Å²) in [6, 6.07) is 16.1. The first kappa shape index (κ1) is 19.5. The molecule has 3 rings (SSSR count). The largest absolute Gasteiger partial charge is 0.326 e. The molecule has 0 fully saturated rings. The number of benzene rings is 2. The van der Waals surface area contributed by atoms with E-state index in [1.807, 2.05) is 0 Å². The second-order valence-corrected chi connectivity index (χ2v) is 6.03. The fraction of sp³-hybridized carbons (Fsp3) is 0.0500. The van der Waals surface area contributed by atoms with Crippen LogP contribution in [0.25, 0.3) is 5.69 Å². The molecule has 3 aromatic rings. The average molecular weight is 391 g/mol. The molecular weight excluding hydrogens is 374 g/mol. The minimum atomic E-state index is -0.458. The number of hydrogen-bond acceptors (Lipinski definition) is 5. The molecule has 9 heteroatoms. The van der Waals surface area contributed by atoms with Crippen molar-refractivity contribution in [2.45, 2.75) is 6.92 Å². The van der Waals surface area contributed by atoms with Gasteiger partial charge in [-0.15, -0.1) is 0 Å². The molecule has 0 saturated carbocycles. The van der Waals surface area contributed by atoms with E-state index in [1.54, 1.807) is 59.3 Å². The molecule has 146 valence electrons. The van der Waals surface area contributed by atoms with E-state index in [9.17, 15) is 19.7 Å². The summed E-state index contributed by atoms with van der Waals surface area (Å²) in [4.78, 5) is 33.5. The molecule has 9 nitrogen and oxygen atoms in total. The maximum Gasteiger partial charge on any atom is 0.271 e. The topological polar surface area (TPSA) is 119 Å². The Morgan fingerprint density at radius 1 is 1.07 bits per heavy atom. The Morgan fingerprint density at radius 3 is 2.38 bits per heavy atom. The van der Waals surface area contributed by atoms with Gasteiger partial charge in [-0.05, 0) is 48.5 Å². The molecule has 0 aliphatic carbocycles. The Bertz CT molecular complexity index is 1070. The number of carbonyl (C=O) groups is 2. The number of rotatable bonds is 6. The van der Waals surface area contributed by atoms with Crippen molar-refractivity contribution in [3.63, 3.8) is 0 Å². The Hall–Kier alpha value is -4.27. The van der Waals surface area contributed by atoms with Crippen molar-refractivity contribution < 1.29 is 14.5 Å². The third-order valence-electron chi connectivity index (χ3n) is 3.95. The molecule has 1 heterocycles. The van der Waals surface area contributed by atoms with Gasteiger partial charge in [0.15, 0.2) is 0 Å². The monoisotopic (exact) mass is 391 g/mol. The van der Waals surface area contributed by atoms with E-state index in [0.29, 0.717) is 16.9 Å². The summed E-state index contributed by atoms with van der Waals surface area (Å²) in [6.07, 6.45) is 3.26. The average Bonchev–Trinajstić information content (AvgIpc) is 3.16. The summed E-state index contributed by atoms with van der Waals surface area (Å²) >= 11 is 0. The van der Waals surface area contributed by atoms with Gasteiger partial charge in [0.2, 0.25) is 5.91 Å². The minimum Gasteiger partial charge on any atom is -0.326 e. The number of anilines is 1. The molecule has 2 N–H and O–H groups in total.